The lowest BCUT2D eigenvalue weighted by molar-refractivity contribution is 0.0946. The van der Waals surface area contributed by atoms with Crippen LogP contribution in [-0.2, 0) is 13.1 Å². The largest absolute Gasteiger partial charge is 0.343 e. The zero-order chi connectivity index (χ0) is 19.8. The van der Waals surface area contributed by atoms with Gasteiger partial charge in [-0.25, -0.2) is 9.97 Å². The average Bonchev–Trinajstić information content (AvgIpc) is 3.47. The van der Waals surface area contributed by atoms with Crippen LogP contribution >= 0.6 is 11.3 Å². The van der Waals surface area contributed by atoms with Crippen molar-refractivity contribution in [1.29, 1.82) is 0 Å². The zero-order valence-corrected chi connectivity index (χ0v) is 16.7. The molecule has 0 saturated carbocycles. The maximum absolute atomic E-state index is 12.6. The van der Waals surface area contributed by atoms with Crippen LogP contribution in [-0.4, -0.2) is 25.4 Å². The molecule has 3 aromatic heterocycles. The Hall–Kier alpha value is -3.45. The van der Waals surface area contributed by atoms with Gasteiger partial charge in [-0.15, -0.1) is 11.3 Å². The molecule has 1 amide bonds. The van der Waals surface area contributed by atoms with Gasteiger partial charge in [-0.2, -0.15) is 0 Å². The van der Waals surface area contributed by atoms with E-state index in [9.17, 15) is 4.79 Å². The van der Waals surface area contributed by atoms with Gasteiger partial charge in [0.1, 0.15) is 16.5 Å². The van der Waals surface area contributed by atoms with E-state index in [1.165, 1.54) is 22.2 Å². The Morgan fingerprint density at radius 1 is 1.14 bits per heavy atom. The van der Waals surface area contributed by atoms with E-state index in [0.717, 1.165) is 34.1 Å². The van der Waals surface area contributed by atoms with Crippen LogP contribution in [0.15, 0.2) is 60.0 Å². The number of fused-ring (bicyclic) bond motifs is 2. The second kappa shape index (κ2) is 7.18. The van der Waals surface area contributed by atoms with Crippen LogP contribution in [0.4, 0.5) is 0 Å². The number of carbonyl (C=O) groups excluding carboxylic acids is 1. The number of thiazole rings is 1. The van der Waals surface area contributed by atoms with E-state index >= 15 is 0 Å². The molecule has 29 heavy (non-hydrogen) atoms. The highest BCUT2D eigenvalue weighted by Crippen LogP contribution is 2.30. The Balaban J connectivity index is 1.36. The minimum Gasteiger partial charge on any atom is -0.343 e. The number of hydrogen-bond acceptors (Lipinski definition) is 4. The summed E-state index contributed by atoms with van der Waals surface area (Å²) in [6.45, 7) is 3.29. The van der Waals surface area contributed by atoms with Crippen LogP contribution in [0.2, 0.25) is 0 Å². The van der Waals surface area contributed by atoms with Gasteiger partial charge in [0.05, 0.1) is 23.3 Å². The summed E-state index contributed by atoms with van der Waals surface area (Å²) in [5.74, 6) is 0.522. The molecule has 0 spiro atoms. The molecular formula is C22H19N5OS. The number of hydrogen-bond donors (Lipinski definition) is 2. The summed E-state index contributed by atoms with van der Waals surface area (Å²) in [6, 6.07) is 18.2. The predicted octanol–water partition coefficient (Wildman–Crippen LogP) is 4.59. The maximum Gasteiger partial charge on any atom is 0.271 e. The molecule has 0 radical (unpaired) electrons. The van der Waals surface area contributed by atoms with Crippen molar-refractivity contribution >= 4 is 39.2 Å². The zero-order valence-electron chi connectivity index (χ0n) is 15.8. The van der Waals surface area contributed by atoms with Crippen LogP contribution in [0.3, 0.4) is 0 Å². The summed E-state index contributed by atoms with van der Waals surface area (Å²) in [5, 5.41) is 6.73. The normalized spacial score (nSPS) is 11.3. The van der Waals surface area contributed by atoms with Gasteiger partial charge >= 0.3 is 0 Å². The molecule has 0 unspecified atom stereocenters. The SMILES string of the molecule is CCn1c(-c2nc(C(=O)NCc3nc4ccccc4[nH]3)cs2)cc2ccccc21. The standard InChI is InChI=1S/C22H19N5OS/c1-2-27-18-10-6-3-7-14(18)11-19(27)22-26-17(13-29-22)21(28)23-12-20-24-15-8-4-5-9-16(15)25-20/h3-11,13H,2,12H2,1H3,(H,23,28)(H,24,25). The van der Waals surface area contributed by atoms with Crippen LogP contribution in [0, 0.1) is 0 Å². The molecule has 0 saturated heterocycles. The van der Waals surface area contributed by atoms with Crippen molar-refractivity contribution in [2.24, 2.45) is 0 Å². The molecule has 0 bridgehead atoms. The molecular weight excluding hydrogens is 382 g/mol. The minimum atomic E-state index is -0.202. The number of imidazole rings is 1. The van der Waals surface area contributed by atoms with E-state index in [2.05, 4.69) is 50.0 Å². The number of H-pyrrole nitrogens is 1. The monoisotopic (exact) mass is 401 g/mol. The molecule has 3 heterocycles. The van der Waals surface area contributed by atoms with Crippen molar-refractivity contribution in [3.63, 3.8) is 0 Å². The van der Waals surface area contributed by atoms with Crippen LogP contribution in [0.1, 0.15) is 23.2 Å². The number of nitrogens with zero attached hydrogens (tertiary/aromatic N) is 3. The average molecular weight is 401 g/mol. The number of amides is 1. The summed E-state index contributed by atoms with van der Waals surface area (Å²) in [4.78, 5) is 24.9. The topological polar surface area (TPSA) is 75.6 Å². The second-order valence-electron chi connectivity index (χ2n) is 6.75. The molecule has 0 fully saturated rings. The highest BCUT2D eigenvalue weighted by Gasteiger charge is 2.16. The number of para-hydroxylation sites is 3. The maximum atomic E-state index is 12.6. The van der Waals surface area contributed by atoms with Gasteiger partial charge in [0.2, 0.25) is 0 Å². The summed E-state index contributed by atoms with van der Waals surface area (Å²) in [6.07, 6.45) is 0. The molecule has 0 aliphatic rings. The third-order valence-electron chi connectivity index (χ3n) is 4.94. The molecule has 0 atom stereocenters. The summed E-state index contributed by atoms with van der Waals surface area (Å²) >= 11 is 1.49. The molecule has 0 aliphatic carbocycles. The Morgan fingerprint density at radius 2 is 1.97 bits per heavy atom. The first kappa shape index (κ1) is 17.6. The highest BCUT2D eigenvalue weighted by molar-refractivity contribution is 7.13. The number of aromatic amines is 1. The number of carbonyl (C=O) groups is 1. The van der Waals surface area contributed by atoms with Gasteiger partial charge in [0, 0.05) is 22.8 Å². The molecule has 2 aromatic carbocycles. The van der Waals surface area contributed by atoms with Crippen molar-refractivity contribution in [2.45, 2.75) is 20.0 Å². The Morgan fingerprint density at radius 3 is 2.83 bits per heavy atom. The summed E-state index contributed by atoms with van der Waals surface area (Å²) < 4.78 is 2.23. The first-order valence-electron chi connectivity index (χ1n) is 9.49. The van der Waals surface area contributed by atoms with Gasteiger partial charge in [0.25, 0.3) is 5.91 Å². The van der Waals surface area contributed by atoms with Crippen molar-refractivity contribution in [3.05, 3.63) is 71.5 Å². The van der Waals surface area contributed by atoms with Gasteiger partial charge in [-0.05, 0) is 31.2 Å². The third kappa shape index (κ3) is 3.19. The highest BCUT2D eigenvalue weighted by atomic mass is 32.1. The lowest BCUT2D eigenvalue weighted by Gasteiger charge is -2.05. The van der Waals surface area contributed by atoms with Crippen LogP contribution in [0.25, 0.3) is 32.6 Å². The minimum absolute atomic E-state index is 0.202. The van der Waals surface area contributed by atoms with Crippen LogP contribution in [0.5, 0.6) is 0 Å². The molecule has 144 valence electrons. The smallest absolute Gasteiger partial charge is 0.271 e. The van der Waals surface area contributed by atoms with Crippen molar-refractivity contribution < 1.29 is 4.79 Å². The number of rotatable bonds is 5. The molecule has 7 heteroatoms. The number of aromatic nitrogens is 4. The van der Waals surface area contributed by atoms with E-state index in [4.69, 9.17) is 0 Å². The summed E-state index contributed by atoms with van der Waals surface area (Å²) in [7, 11) is 0. The first-order valence-corrected chi connectivity index (χ1v) is 10.4. The van der Waals surface area contributed by atoms with Gasteiger partial charge in [-0.3, -0.25) is 4.79 Å². The van der Waals surface area contributed by atoms with E-state index in [1.54, 1.807) is 5.38 Å². The van der Waals surface area contributed by atoms with Crippen molar-refractivity contribution in [1.82, 2.24) is 24.8 Å². The Labute approximate surface area is 171 Å². The lowest BCUT2D eigenvalue weighted by atomic mass is 10.2. The number of benzene rings is 2. The van der Waals surface area contributed by atoms with E-state index < -0.39 is 0 Å². The lowest BCUT2D eigenvalue weighted by Crippen LogP contribution is -2.23. The molecule has 2 N–H and O–H groups in total. The van der Waals surface area contributed by atoms with Crippen molar-refractivity contribution in [3.8, 4) is 10.7 Å². The molecule has 0 aliphatic heterocycles. The molecule has 5 rings (SSSR count). The van der Waals surface area contributed by atoms with Gasteiger partial charge < -0.3 is 14.9 Å². The summed E-state index contributed by atoms with van der Waals surface area (Å²) in [5.41, 5.74) is 4.49. The van der Waals surface area contributed by atoms with Crippen LogP contribution < -0.4 is 5.32 Å². The number of nitrogens with one attached hydrogen (secondary N) is 2. The van der Waals surface area contributed by atoms with E-state index in [1.807, 2.05) is 36.4 Å². The predicted molar refractivity (Wildman–Crippen MR) is 116 cm³/mol. The molecule has 6 nitrogen and oxygen atoms in total. The fourth-order valence-electron chi connectivity index (χ4n) is 3.57. The van der Waals surface area contributed by atoms with E-state index in [-0.39, 0.29) is 5.91 Å². The fraction of sp³-hybridized carbons (Fsp3) is 0.136. The Kier molecular flexibility index (Phi) is 4.37. The quantitative estimate of drug-likeness (QED) is 0.452. The fourth-order valence-corrected chi connectivity index (χ4v) is 4.39. The Bertz CT molecular complexity index is 1300. The molecule has 5 aromatic rings. The van der Waals surface area contributed by atoms with Crippen molar-refractivity contribution in [2.75, 3.05) is 0 Å². The van der Waals surface area contributed by atoms with Gasteiger partial charge in [0.15, 0.2) is 0 Å². The second-order valence-corrected chi connectivity index (χ2v) is 7.61. The van der Waals surface area contributed by atoms with E-state index in [0.29, 0.717) is 12.2 Å². The third-order valence-corrected chi connectivity index (χ3v) is 5.80. The first-order chi connectivity index (χ1) is 14.2. The number of aryl methyl sites for hydroxylation is 1. The van der Waals surface area contributed by atoms with Gasteiger partial charge in [-0.1, -0.05) is 30.3 Å².